The van der Waals surface area contributed by atoms with Gasteiger partial charge in [0.1, 0.15) is 18.1 Å². The van der Waals surface area contributed by atoms with E-state index in [0.29, 0.717) is 12.0 Å². The maximum absolute atomic E-state index is 12.9. The normalized spacial score (nSPS) is 19.4. The Balaban J connectivity index is 2.08. The molecular formula is C33H48F3N5O7Si2. The number of ether oxygens (including phenoxy) is 1. The lowest BCUT2D eigenvalue weighted by atomic mass is 9.98. The molecule has 0 radical (unpaired) electrons. The van der Waals surface area contributed by atoms with Gasteiger partial charge < -0.3 is 24.6 Å². The Labute approximate surface area is 292 Å². The number of rotatable bonds is 10. The number of benzene rings is 1. The van der Waals surface area contributed by atoms with Crippen LogP contribution in [0.1, 0.15) is 65.3 Å². The molecule has 1 amide bonds. The third kappa shape index (κ3) is 10.0. The Hall–Kier alpha value is -3.57. The van der Waals surface area contributed by atoms with Crippen LogP contribution in [0, 0.1) is 22.0 Å². The Morgan fingerprint density at radius 1 is 1.14 bits per heavy atom. The standard InChI is InChI=1S/C33H48F3N5O7Si2/c1-31(2,3)49(7,8)47-24(19-22-14-13-21(18-23(22)41(44)45)12-11-16-38-29(42)33(34,35)36)28-25(48-50(9,10)32(4,5)6)20-27(46-28)40-17-15-26(37)39-30(40)43/h13-15,17-18,24-25,27-28H,16,19-20H2,1-10H3,(H,38,42)(H2,37,39,43)/t24?,25-,27+,28+/m0/s1. The van der Waals surface area contributed by atoms with Crippen LogP contribution in [0.2, 0.25) is 36.3 Å². The number of alkyl halides is 3. The Bertz CT molecular complexity index is 1690. The molecular weight excluding hydrogens is 692 g/mol. The van der Waals surface area contributed by atoms with E-state index in [-0.39, 0.29) is 33.6 Å². The van der Waals surface area contributed by atoms with Crippen molar-refractivity contribution < 1.29 is 36.5 Å². The first-order valence-electron chi connectivity index (χ1n) is 16.2. The molecule has 0 bridgehead atoms. The van der Waals surface area contributed by atoms with Gasteiger partial charge in [0, 0.05) is 36.2 Å². The zero-order valence-electron chi connectivity index (χ0n) is 30.2. The van der Waals surface area contributed by atoms with Gasteiger partial charge in [0.15, 0.2) is 16.6 Å². The minimum Gasteiger partial charge on any atom is -0.411 e. The Morgan fingerprint density at radius 3 is 2.30 bits per heavy atom. The smallest absolute Gasteiger partial charge is 0.411 e. The van der Waals surface area contributed by atoms with Gasteiger partial charge in [-0.15, -0.1) is 0 Å². The molecule has 1 unspecified atom stereocenters. The second-order valence-corrected chi connectivity index (χ2v) is 25.0. The molecule has 1 aliphatic heterocycles. The van der Waals surface area contributed by atoms with Crippen molar-refractivity contribution >= 4 is 34.0 Å². The molecule has 0 aliphatic carbocycles. The van der Waals surface area contributed by atoms with E-state index in [9.17, 15) is 32.9 Å². The van der Waals surface area contributed by atoms with Gasteiger partial charge in [0.25, 0.3) is 5.69 Å². The first-order valence-corrected chi connectivity index (χ1v) is 22.0. The van der Waals surface area contributed by atoms with Crippen LogP contribution < -0.4 is 16.7 Å². The van der Waals surface area contributed by atoms with Gasteiger partial charge in [0.05, 0.1) is 23.7 Å². The van der Waals surface area contributed by atoms with Crippen LogP contribution in [0.5, 0.6) is 0 Å². The minimum atomic E-state index is -5.05. The van der Waals surface area contributed by atoms with Crippen molar-refractivity contribution in [3.05, 3.63) is 62.2 Å². The first-order chi connectivity index (χ1) is 22.7. The fourth-order valence-electron chi connectivity index (χ4n) is 4.83. The predicted molar refractivity (Wildman–Crippen MR) is 188 cm³/mol. The second-order valence-electron chi connectivity index (χ2n) is 15.5. The van der Waals surface area contributed by atoms with E-state index >= 15 is 0 Å². The molecule has 1 saturated heterocycles. The molecule has 17 heteroatoms. The molecule has 12 nitrogen and oxygen atoms in total. The molecule has 3 N–H and O–H groups in total. The highest BCUT2D eigenvalue weighted by Crippen LogP contribution is 2.44. The van der Waals surface area contributed by atoms with Crippen LogP contribution in [0.4, 0.5) is 24.7 Å². The third-order valence-electron chi connectivity index (χ3n) is 9.68. The summed E-state index contributed by atoms with van der Waals surface area (Å²) in [6, 6.07) is 5.79. The number of amides is 1. The number of aromatic nitrogens is 2. The van der Waals surface area contributed by atoms with E-state index in [1.54, 1.807) is 5.32 Å². The number of halogens is 3. The molecule has 0 saturated carbocycles. The molecule has 1 aromatic carbocycles. The SMILES string of the molecule is CC(C)(C)[Si](C)(C)OC(Cc1ccc(C#CCNC(=O)C(F)(F)F)cc1[N+](=O)[O-])[C@H]1O[C@@H](n2ccc(N)nc2=O)C[C@@H]1O[Si](C)(C)C(C)(C)C. The van der Waals surface area contributed by atoms with Crippen LogP contribution >= 0.6 is 0 Å². The van der Waals surface area contributed by atoms with Gasteiger partial charge in [-0.05, 0) is 48.4 Å². The molecule has 2 heterocycles. The van der Waals surface area contributed by atoms with Crippen molar-refractivity contribution in [1.82, 2.24) is 14.9 Å². The summed E-state index contributed by atoms with van der Waals surface area (Å²) < 4.78 is 59.4. The largest absolute Gasteiger partial charge is 0.471 e. The fourth-order valence-corrected chi connectivity index (χ4v) is 7.50. The number of carbonyl (C=O) groups excluding carboxylic acids is 1. The van der Waals surface area contributed by atoms with Crippen molar-refractivity contribution in [2.75, 3.05) is 12.3 Å². The zero-order valence-corrected chi connectivity index (χ0v) is 32.2. The van der Waals surface area contributed by atoms with E-state index in [0.717, 1.165) is 0 Å². The lowest BCUT2D eigenvalue weighted by molar-refractivity contribution is -0.385. The molecule has 1 fully saturated rings. The monoisotopic (exact) mass is 739 g/mol. The van der Waals surface area contributed by atoms with E-state index in [1.165, 1.54) is 35.0 Å². The van der Waals surface area contributed by atoms with Gasteiger partial charge in [0.2, 0.25) is 0 Å². The minimum absolute atomic E-state index is 0.0435. The summed E-state index contributed by atoms with van der Waals surface area (Å²) in [6.07, 6.45) is -6.01. The Morgan fingerprint density at radius 2 is 1.76 bits per heavy atom. The highest BCUT2D eigenvalue weighted by molar-refractivity contribution is 6.74. The summed E-state index contributed by atoms with van der Waals surface area (Å²) in [5, 5.41) is 13.6. The lowest BCUT2D eigenvalue weighted by Gasteiger charge is -2.43. The Kier molecular flexibility index (Phi) is 12.2. The van der Waals surface area contributed by atoms with Crippen LogP contribution in [0.15, 0.2) is 35.3 Å². The molecule has 1 aliphatic rings. The highest BCUT2D eigenvalue weighted by atomic mass is 28.4. The summed E-state index contributed by atoms with van der Waals surface area (Å²) >= 11 is 0. The van der Waals surface area contributed by atoms with Crippen molar-refractivity contribution in [2.45, 2.75) is 121 Å². The zero-order chi connectivity index (χ0) is 38.0. The maximum atomic E-state index is 12.9. The van der Waals surface area contributed by atoms with Crippen LogP contribution in [0.3, 0.4) is 0 Å². The molecule has 50 heavy (non-hydrogen) atoms. The van der Waals surface area contributed by atoms with Crippen LogP contribution in [-0.4, -0.2) is 68.0 Å². The van der Waals surface area contributed by atoms with Crippen molar-refractivity contribution in [3.63, 3.8) is 0 Å². The van der Waals surface area contributed by atoms with Crippen molar-refractivity contribution in [2.24, 2.45) is 0 Å². The first kappa shape index (κ1) is 40.9. The second kappa shape index (κ2) is 15.0. The lowest BCUT2D eigenvalue weighted by Crippen LogP contribution is -2.52. The van der Waals surface area contributed by atoms with E-state index in [4.69, 9.17) is 19.3 Å². The summed E-state index contributed by atoms with van der Waals surface area (Å²) in [5.74, 6) is 2.90. The fraction of sp³-hybridized carbons (Fsp3) is 0.606. The number of nitrogens with two attached hydrogens (primary N) is 1. The summed E-state index contributed by atoms with van der Waals surface area (Å²) in [6.45, 7) is 20.3. The third-order valence-corrected chi connectivity index (χ3v) is 18.7. The number of hydrogen-bond acceptors (Lipinski definition) is 9. The molecule has 1 aromatic heterocycles. The molecule has 2 aromatic rings. The van der Waals surface area contributed by atoms with Gasteiger partial charge in [-0.2, -0.15) is 18.2 Å². The summed E-state index contributed by atoms with van der Waals surface area (Å²) in [5.41, 5.74) is 5.38. The average Bonchev–Trinajstić information content (AvgIpc) is 3.36. The summed E-state index contributed by atoms with van der Waals surface area (Å²) in [4.78, 5) is 39.6. The van der Waals surface area contributed by atoms with E-state index in [1.807, 2.05) is 0 Å². The number of nitrogens with one attached hydrogen (secondary N) is 1. The van der Waals surface area contributed by atoms with Crippen molar-refractivity contribution in [3.8, 4) is 11.8 Å². The van der Waals surface area contributed by atoms with E-state index in [2.05, 4.69) is 84.6 Å². The molecule has 4 atom stereocenters. The number of anilines is 1. The summed E-state index contributed by atoms with van der Waals surface area (Å²) in [7, 11) is -4.99. The van der Waals surface area contributed by atoms with Gasteiger partial charge in [-0.3, -0.25) is 19.5 Å². The van der Waals surface area contributed by atoms with Gasteiger partial charge in [-0.1, -0.05) is 59.4 Å². The predicted octanol–water partition coefficient (Wildman–Crippen LogP) is 6.07. The molecule has 3 rings (SSSR count). The number of nitro groups is 1. The van der Waals surface area contributed by atoms with Gasteiger partial charge >= 0.3 is 17.8 Å². The number of hydrogen-bond donors (Lipinski definition) is 2. The number of nitrogens with zero attached hydrogens (tertiary/aromatic N) is 3. The average molecular weight is 740 g/mol. The maximum Gasteiger partial charge on any atom is 0.471 e. The van der Waals surface area contributed by atoms with E-state index < -0.39 is 70.4 Å². The van der Waals surface area contributed by atoms with Crippen LogP contribution in [-0.2, 0) is 24.8 Å². The highest BCUT2D eigenvalue weighted by Gasteiger charge is 2.50. The molecule has 276 valence electrons. The quantitative estimate of drug-likeness (QED) is 0.128. The topological polar surface area (TPSA) is 161 Å². The number of nitrogen functional groups attached to an aromatic ring is 1. The van der Waals surface area contributed by atoms with Crippen LogP contribution in [0.25, 0.3) is 0 Å². The van der Waals surface area contributed by atoms with Gasteiger partial charge in [-0.25, -0.2) is 4.79 Å². The number of nitro benzene ring substituents is 1. The van der Waals surface area contributed by atoms with Crippen molar-refractivity contribution in [1.29, 1.82) is 0 Å². The molecule has 0 spiro atoms. The number of carbonyl (C=O) groups is 1.